The number of nitrogens with zero attached hydrogens (tertiary/aromatic N) is 2. The number of benzene rings is 1. The van der Waals surface area contributed by atoms with Gasteiger partial charge in [0.2, 0.25) is 5.91 Å². The number of ketones is 1. The van der Waals surface area contributed by atoms with Gasteiger partial charge in [-0.05, 0) is 17.2 Å². The average Bonchev–Trinajstić information content (AvgIpc) is 2.89. The number of carbonyl (C=O) groups excluding carboxylic acids is 2. The van der Waals surface area contributed by atoms with Crippen molar-refractivity contribution in [3.05, 3.63) is 47.8 Å². The first-order valence-corrected chi connectivity index (χ1v) is 8.32. The molecule has 0 spiro atoms. The van der Waals surface area contributed by atoms with Crippen LogP contribution < -0.4 is 4.90 Å². The minimum absolute atomic E-state index is 0.0000871. The van der Waals surface area contributed by atoms with E-state index < -0.39 is 5.41 Å². The molecule has 1 aromatic heterocycles. The summed E-state index contributed by atoms with van der Waals surface area (Å²) in [5.74, 6) is -0.0701. The van der Waals surface area contributed by atoms with Crippen molar-refractivity contribution in [2.24, 2.45) is 5.41 Å². The molecule has 0 saturated carbocycles. The van der Waals surface area contributed by atoms with Gasteiger partial charge in [-0.2, -0.15) is 0 Å². The minimum Gasteiger partial charge on any atom is -0.392 e. The smallest absolute Gasteiger partial charge is 0.233 e. The highest BCUT2D eigenvalue weighted by Crippen LogP contribution is 2.32. The predicted octanol–water partition coefficient (Wildman–Crippen LogP) is 2.75. The summed E-state index contributed by atoms with van der Waals surface area (Å²) < 4.78 is 0. The van der Waals surface area contributed by atoms with Crippen LogP contribution in [0, 0.1) is 5.41 Å². The molecule has 5 heteroatoms. The number of aliphatic hydroxyl groups excluding tert-OH is 1. The van der Waals surface area contributed by atoms with E-state index in [1.165, 1.54) is 0 Å². The molecule has 130 valence electrons. The lowest BCUT2D eigenvalue weighted by atomic mass is 9.90. The second-order valence-corrected chi connectivity index (χ2v) is 7.37. The zero-order chi connectivity index (χ0) is 18.2. The van der Waals surface area contributed by atoms with Crippen LogP contribution in [0.25, 0.3) is 11.1 Å². The van der Waals surface area contributed by atoms with E-state index in [4.69, 9.17) is 5.11 Å². The van der Waals surface area contributed by atoms with Gasteiger partial charge in [0.15, 0.2) is 5.78 Å². The Morgan fingerprint density at radius 3 is 2.48 bits per heavy atom. The van der Waals surface area contributed by atoms with Crippen LogP contribution in [0.2, 0.25) is 0 Å². The summed E-state index contributed by atoms with van der Waals surface area (Å²) in [5, 5.41) is 9.15. The maximum absolute atomic E-state index is 12.4. The van der Waals surface area contributed by atoms with Gasteiger partial charge in [0.05, 0.1) is 31.0 Å². The monoisotopic (exact) mass is 338 g/mol. The number of fused-ring (bicyclic) bond motifs is 1. The molecule has 25 heavy (non-hydrogen) atoms. The number of hydrogen-bond donors (Lipinski definition) is 1. The Bertz CT molecular complexity index is 820. The number of anilines is 1. The predicted molar refractivity (Wildman–Crippen MR) is 96.1 cm³/mol. The van der Waals surface area contributed by atoms with Crippen LogP contribution in [0.4, 0.5) is 5.69 Å². The van der Waals surface area contributed by atoms with E-state index in [-0.39, 0.29) is 31.3 Å². The van der Waals surface area contributed by atoms with Crippen LogP contribution in [0.5, 0.6) is 0 Å². The summed E-state index contributed by atoms with van der Waals surface area (Å²) in [5.41, 5.74) is 3.60. The number of aromatic nitrogens is 1. The molecular weight excluding hydrogens is 316 g/mol. The van der Waals surface area contributed by atoms with E-state index in [2.05, 4.69) is 4.98 Å². The first-order valence-electron chi connectivity index (χ1n) is 8.32. The molecular formula is C20H22N2O3. The molecule has 0 aliphatic carbocycles. The SMILES string of the molecule is CC(C)(C)C(=O)CN1C(=O)Cc2ncc(-c3ccc(CO)cc3)cc21. The fraction of sp³-hybridized carbons (Fsp3) is 0.350. The van der Waals surface area contributed by atoms with E-state index >= 15 is 0 Å². The summed E-state index contributed by atoms with van der Waals surface area (Å²) >= 11 is 0. The molecule has 1 N–H and O–H groups in total. The van der Waals surface area contributed by atoms with E-state index in [0.29, 0.717) is 11.4 Å². The molecule has 0 fully saturated rings. The number of pyridine rings is 1. The van der Waals surface area contributed by atoms with E-state index in [1.54, 1.807) is 11.1 Å². The number of rotatable bonds is 4. The van der Waals surface area contributed by atoms with Crippen LogP contribution in [-0.2, 0) is 22.6 Å². The van der Waals surface area contributed by atoms with Crippen molar-refractivity contribution in [2.75, 3.05) is 11.4 Å². The second kappa shape index (κ2) is 6.41. The van der Waals surface area contributed by atoms with Crippen molar-refractivity contribution in [3.8, 4) is 11.1 Å². The van der Waals surface area contributed by atoms with E-state index in [1.807, 2.05) is 51.1 Å². The van der Waals surface area contributed by atoms with Crippen LogP contribution in [0.3, 0.4) is 0 Å². The Morgan fingerprint density at radius 2 is 1.88 bits per heavy atom. The Morgan fingerprint density at radius 1 is 1.20 bits per heavy atom. The number of carbonyl (C=O) groups is 2. The lowest BCUT2D eigenvalue weighted by Gasteiger charge is -2.23. The van der Waals surface area contributed by atoms with Crippen molar-refractivity contribution in [2.45, 2.75) is 33.8 Å². The number of hydrogen-bond acceptors (Lipinski definition) is 4. The number of amides is 1. The summed E-state index contributed by atoms with van der Waals surface area (Å²) in [7, 11) is 0. The molecule has 0 saturated heterocycles. The fourth-order valence-corrected chi connectivity index (χ4v) is 2.74. The molecule has 1 aliphatic heterocycles. The molecule has 1 aliphatic rings. The molecule has 0 unspecified atom stereocenters. The molecule has 0 bridgehead atoms. The van der Waals surface area contributed by atoms with E-state index in [0.717, 1.165) is 16.7 Å². The average molecular weight is 338 g/mol. The van der Waals surface area contributed by atoms with Crippen molar-refractivity contribution < 1.29 is 14.7 Å². The van der Waals surface area contributed by atoms with Crippen LogP contribution in [0.1, 0.15) is 32.0 Å². The summed E-state index contributed by atoms with van der Waals surface area (Å²) in [6.45, 7) is 5.64. The van der Waals surface area contributed by atoms with Gasteiger partial charge in [-0.15, -0.1) is 0 Å². The molecule has 1 amide bonds. The zero-order valence-electron chi connectivity index (χ0n) is 14.7. The minimum atomic E-state index is -0.492. The Kier molecular flexibility index (Phi) is 4.43. The maximum atomic E-state index is 12.4. The molecule has 2 aromatic rings. The normalized spacial score (nSPS) is 13.9. The van der Waals surface area contributed by atoms with E-state index in [9.17, 15) is 9.59 Å². The molecule has 0 atom stereocenters. The Balaban J connectivity index is 1.93. The molecule has 3 rings (SSSR count). The lowest BCUT2D eigenvalue weighted by Crippen LogP contribution is -2.37. The highest BCUT2D eigenvalue weighted by atomic mass is 16.3. The fourth-order valence-electron chi connectivity index (χ4n) is 2.74. The van der Waals surface area contributed by atoms with Gasteiger partial charge < -0.3 is 10.0 Å². The van der Waals surface area contributed by atoms with Gasteiger partial charge in [0.25, 0.3) is 0 Å². The molecule has 2 heterocycles. The van der Waals surface area contributed by atoms with Gasteiger partial charge in [-0.25, -0.2) is 0 Å². The van der Waals surface area contributed by atoms with Gasteiger partial charge >= 0.3 is 0 Å². The van der Waals surface area contributed by atoms with Gasteiger partial charge in [-0.3, -0.25) is 14.6 Å². The third kappa shape index (κ3) is 3.46. The van der Waals surface area contributed by atoms with Crippen LogP contribution >= 0.6 is 0 Å². The van der Waals surface area contributed by atoms with Crippen molar-refractivity contribution >= 4 is 17.4 Å². The first-order chi connectivity index (χ1) is 11.8. The first kappa shape index (κ1) is 17.3. The highest BCUT2D eigenvalue weighted by molar-refractivity contribution is 6.06. The van der Waals surface area contributed by atoms with Gasteiger partial charge in [0.1, 0.15) is 0 Å². The van der Waals surface area contributed by atoms with Crippen molar-refractivity contribution in [1.82, 2.24) is 4.98 Å². The lowest BCUT2D eigenvalue weighted by molar-refractivity contribution is -0.127. The third-order valence-electron chi connectivity index (χ3n) is 4.47. The molecule has 5 nitrogen and oxygen atoms in total. The number of aliphatic hydroxyl groups is 1. The quantitative estimate of drug-likeness (QED) is 0.930. The summed E-state index contributed by atoms with van der Waals surface area (Å²) in [4.78, 5) is 30.7. The van der Waals surface area contributed by atoms with Crippen LogP contribution in [0.15, 0.2) is 36.5 Å². The summed E-state index contributed by atoms with van der Waals surface area (Å²) in [6.07, 6.45) is 1.98. The van der Waals surface area contributed by atoms with Gasteiger partial charge in [0, 0.05) is 17.2 Å². The molecule has 1 aromatic carbocycles. The largest absolute Gasteiger partial charge is 0.392 e. The Labute approximate surface area is 147 Å². The topological polar surface area (TPSA) is 70.5 Å². The summed E-state index contributed by atoms with van der Waals surface area (Å²) in [6, 6.07) is 9.45. The third-order valence-corrected chi connectivity index (χ3v) is 4.47. The zero-order valence-corrected chi connectivity index (χ0v) is 14.7. The standard InChI is InChI=1S/C20H22N2O3/c1-20(2,3)18(24)11-22-17-8-15(10-21-16(17)9-19(22)25)14-6-4-13(12-23)5-7-14/h4-8,10,23H,9,11-12H2,1-3H3. The highest BCUT2D eigenvalue weighted by Gasteiger charge is 2.33. The van der Waals surface area contributed by atoms with Crippen molar-refractivity contribution in [1.29, 1.82) is 0 Å². The van der Waals surface area contributed by atoms with Gasteiger partial charge in [-0.1, -0.05) is 45.0 Å². The van der Waals surface area contributed by atoms with Crippen LogP contribution in [-0.4, -0.2) is 28.3 Å². The van der Waals surface area contributed by atoms with Crippen molar-refractivity contribution in [3.63, 3.8) is 0 Å². The number of Topliss-reactive ketones (excluding diaryl/α,β-unsaturated/α-hetero) is 1. The molecule has 0 radical (unpaired) electrons. The Hall–Kier alpha value is -2.53. The maximum Gasteiger partial charge on any atom is 0.233 e. The second-order valence-electron chi connectivity index (χ2n) is 7.37.